The Kier molecular flexibility index (Phi) is 8.53. The number of hydrogen-bond donors (Lipinski definition) is 0. The average molecular weight is 602 g/mol. The van der Waals surface area contributed by atoms with Crippen molar-refractivity contribution in [2.24, 2.45) is 0 Å². The van der Waals surface area contributed by atoms with Crippen LogP contribution in [0.1, 0.15) is 67.0 Å². The first kappa shape index (κ1) is 29.7. The summed E-state index contributed by atoms with van der Waals surface area (Å²) in [6, 6.07) is 30.4. The molecule has 2 aliphatic carbocycles. The molecule has 0 atom stereocenters. The Labute approximate surface area is 273 Å². The molecule has 0 saturated carbocycles. The van der Waals surface area contributed by atoms with Crippen LogP contribution in [-0.2, 0) is 11.2 Å². The van der Waals surface area contributed by atoms with Gasteiger partial charge in [0.25, 0.3) is 0 Å². The largest absolute Gasteiger partial charge is 0.464 e. The van der Waals surface area contributed by atoms with Gasteiger partial charge < -0.3 is 4.74 Å². The predicted octanol–water partition coefficient (Wildman–Crippen LogP) is 12.2. The van der Waals surface area contributed by atoms with E-state index in [0.29, 0.717) is 0 Å². The lowest BCUT2D eigenvalue weighted by atomic mass is 9.84. The van der Waals surface area contributed by atoms with Crippen molar-refractivity contribution in [3.8, 4) is 22.5 Å². The molecule has 3 aromatic carbocycles. The summed E-state index contributed by atoms with van der Waals surface area (Å²) in [4.78, 5) is 0. The van der Waals surface area contributed by atoms with Gasteiger partial charge in [-0.1, -0.05) is 102 Å². The van der Waals surface area contributed by atoms with E-state index in [0.717, 1.165) is 61.4 Å². The second-order valence-corrected chi connectivity index (χ2v) is 12.7. The van der Waals surface area contributed by atoms with Crippen LogP contribution in [0.25, 0.3) is 33.6 Å². The van der Waals surface area contributed by atoms with Gasteiger partial charge in [0.2, 0.25) is 0 Å². The third kappa shape index (κ3) is 6.13. The summed E-state index contributed by atoms with van der Waals surface area (Å²) in [6.07, 6.45) is 19.1. The number of hydrogen-bond acceptors (Lipinski definition) is 1. The van der Waals surface area contributed by atoms with Crippen LogP contribution in [0, 0.1) is 13.8 Å². The van der Waals surface area contributed by atoms with Crippen molar-refractivity contribution in [1.29, 1.82) is 0 Å². The minimum atomic E-state index is 0.909. The SMILES string of the molecule is CC(/C=C/C=C/C1=C2OC=CC(c3ccc(C)cc3)=C2CCC1)=C1/CCCc2c(-c3ccc(C)cc3)cc(-c3ccccc3)[o+]c21. The van der Waals surface area contributed by atoms with Crippen molar-refractivity contribution >= 4 is 11.1 Å². The van der Waals surface area contributed by atoms with E-state index in [1.54, 1.807) is 0 Å². The van der Waals surface area contributed by atoms with Gasteiger partial charge in [-0.2, -0.15) is 0 Å². The number of ether oxygens (including phenoxy) is 1. The third-order valence-electron chi connectivity index (χ3n) is 9.41. The zero-order chi connectivity index (χ0) is 31.5. The molecule has 2 nitrogen and oxygen atoms in total. The van der Waals surface area contributed by atoms with Crippen LogP contribution < -0.4 is 0 Å². The van der Waals surface area contributed by atoms with Crippen LogP contribution in [0.2, 0.25) is 0 Å². The Morgan fingerprint density at radius 1 is 0.739 bits per heavy atom. The lowest BCUT2D eigenvalue weighted by Gasteiger charge is -2.26. The summed E-state index contributed by atoms with van der Waals surface area (Å²) in [7, 11) is 0. The molecule has 0 spiro atoms. The third-order valence-corrected chi connectivity index (χ3v) is 9.41. The molecule has 0 N–H and O–H groups in total. The minimum Gasteiger partial charge on any atom is -0.464 e. The normalized spacial score (nSPS) is 17.4. The predicted molar refractivity (Wildman–Crippen MR) is 192 cm³/mol. The highest BCUT2D eigenvalue weighted by Gasteiger charge is 2.32. The lowest BCUT2D eigenvalue weighted by molar-refractivity contribution is 0.342. The Morgan fingerprint density at radius 3 is 2.22 bits per heavy atom. The van der Waals surface area contributed by atoms with Gasteiger partial charge in [-0.25, -0.2) is 4.42 Å². The van der Waals surface area contributed by atoms with Gasteiger partial charge in [0.1, 0.15) is 5.76 Å². The zero-order valence-electron chi connectivity index (χ0n) is 27.1. The maximum Gasteiger partial charge on any atom is 0.361 e. The molecular formula is C44H41O2+. The van der Waals surface area contributed by atoms with E-state index in [1.165, 1.54) is 61.2 Å². The number of rotatable bonds is 6. The molecule has 0 saturated heterocycles. The van der Waals surface area contributed by atoms with Crippen LogP contribution in [0.5, 0.6) is 0 Å². The first-order chi connectivity index (χ1) is 22.5. The van der Waals surface area contributed by atoms with E-state index in [9.17, 15) is 0 Å². The van der Waals surface area contributed by atoms with E-state index in [-0.39, 0.29) is 0 Å². The van der Waals surface area contributed by atoms with Gasteiger partial charge in [0.05, 0.1) is 29.0 Å². The summed E-state index contributed by atoms with van der Waals surface area (Å²) < 4.78 is 12.9. The fourth-order valence-corrected chi connectivity index (χ4v) is 6.89. The first-order valence-electron chi connectivity index (χ1n) is 16.6. The second kappa shape index (κ2) is 13.2. The Hall–Kier alpha value is -4.95. The van der Waals surface area contributed by atoms with Crippen LogP contribution in [-0.4, -0.2) is 0 Å². The molecule has 2 heteroatoms. The summed E-state index contributed by atoms with van der Waals surface area (Å²) >= 11 is 0. The number of aryl methyl sites for hydroxylation is 2. The van der Waals surface area contributed by atoms with E-state index >= 15 is 0 Å². The van der Waals surface area contributed by atoms with Gasteiger partial charge in [0.15, 0.2) is 0 Å². The van der Waals surface area contributed by atoms with E-state index < -0.39 is 0 Å². The molecule has 4 aromatic rings. The number of allylic oxidation sites excluding steroid dienone is 10. The zero-order valence-corrected chi connectivity index (χ0v) is 27.1. The molecule has 0 fully saturated rings. The summed E-state index contributed by atoms with van der Waals surface area (Å²) in [5.74, 6) is 2.97. The summed E-state index contributed by atoms with van der Waals surface area (Å²) in [5, 5.41) is 0. The molecular weight excluding hydrogens is 560 g/mol. The van der Waals surface area contributed by atoms with E-state index in [2.05, 4.69) is 136 Å². The van der Waals surface area contributed by atoms with Crippen LogP contribution in [0.15, 0.2) is 148 Å². The van der Waals surface area contributed by atoms with Crippen molar-refractivity contribution in [2.75, 3.05) is 0 Å². The highest BCUT2D eigenvalue weighted by atomic mass is 16.5. The van der Waals surface area contributed by atoms with Crippen LogP contribution in [0.3, 0.4) is 0 Å². The molecule has 1 aromatic heterocycles. The van der Waals surface area contributed by atoms with Crippen LogP contribution >= 0.6 is 0 Å². The fraction of sp³-hybridized carbons (Fsp3) is 0.205. The van der Waals surface area contributed by atoms with Crippen LogP contribution in [0.4, 0.5) is 0 Å². The summed E-state index contributed by atoms with van der Waals surface area (Å²) in [5.41, 5.74) is 15.1. The standard InChI is InChI=1S/C44H41O2/c1-30-19-23-33(24-20-30)38-27-28-45-43-36(15-9-17-39(38)43)14-8-7-11-32(3)37-16-10-18-40-41(34-25-21-31(2)22-26-34)29-42(46-44(37)40)35-12-5-4-6-13-35/h4-8,11-14,19-29H,9-10,15-18H2,1-3H3/q+1. The molecule has 7 rings (SSSR count). The van der Waals surface area contributed by atoms with Crippen molar-refractivity contribution < 1.29 is 9.15 Å². The average Bonchev–Trinajstić information content (AvgIpc) is 3.10. The molecule has 3 aliphatic rings. The van der Waals surface area contributed by atoms with Gasteiger partial charge in [-0.3, -0.25) is 0 Å². The monoisotopic (exact) mass is 601 g/mol. The fourth-order valence-electron chi connectivity index (χ4n) is 6.89. The quantitative estimate of drug-likeness (QED) is 0.162. The Balaban J connectivity index is 1.22. The minimum absolute atomic E-state index is 0.909. The Bertz CT molecular complexity index is 1940. The van der Waals surface area contributed by atoms with Crippen molar-refractivity contribution in [2.45, 2.75) is 59.3 Å². The highest BCUT2D eigenvalue weighted by molar-refractivity contribution is 5.82. The van der Waals surface area contributed by atoms with Gasteiger partial charge in [0, 0.05) is 11.1 Å². The van der Waals surface area contributed by atoms with Crippen molar-refractivity contribution in [1.82, 2.24) is 0 Å². The smallest absolute Gasteiger partial charge is 0.361 e. The number of benzene rings is 3. The maximum absolute atomic E-state index is 6.77. The van der Waals surface area contributed by atoms with E-state index in [1.807, 2.05) is 6.26 Å². The number of fused-ring (bicyclic) bond motifs is 2. The highest BCUT2D eigenvalue weighted by Crippen LogP contribution is 2.42. The molecule has 46 heavy (non-hydrogen) atoms. The first-order valence-corrected chi connectivity index (χ1v) is 16.6. The van der Waals surface area contributed by atoms with Gasteiger partial charge >= 0.3 is 11.5 Å². The molecule has 0 bridgehead atoms. The topological polar surface area (TPSA) is 20.5 Å². The van der Waals surface area contributed by atoms with Crippen molar-refractivity contribution in [3.05, 3.63) is 172 Å². The van der Waals surface area contributed by atoms with E-state index in [4.69, 9.17) is 9.15 Å². The molecule has 0 unspecified atom stereocenters. The molecule has 1 aliphatic heterocycles. The van der Waals surface area contributed by atoms with Gasteiger partial charge in [-0.05, 0) is 105 Å². The summed E-state index contributed by atoms with van der Waals surface area (Å²) in [6.45, 7) is 6.49. The molecule has 0 amide bonds. The maximum atomic E-state index is 6.77. The molecule has 2 heterocycles. The molecule has 0 radical (unpaired) electrons. The Morgan fingerprint density at radius 2 is 1.46 bits per heavy atom. The lowest BCUT2D eigenvalue weighted by Crippen LogP contribution is -2.08. The molecule has 228 valence electrons. The second-order valence-electron chi connectivity index (χ2n) is 12.7. The van der Waals surface area contributed by atoms with Gasteiger partial charge in [-0.15, -0.1) is 0 Å². The van der Waals surface area contributed by atoms with Crippen molar-refractivity contribution in [3.63, 3.8) is 0 Å².